The fourth-order valence-electron chi connectivity index (χ4n) is 1.10. The molecule has 3 heteroatoms. The zero-order chi connectivity index (χ0) is 9.56. The first-order valence-corrected chi connectivity index (χ1v) is 4.34. The van der Waals surface area contributed by atoms with E-state index in [9.17, 15) is 0 Å². The summed E-state index contributed by atoms with van der Waals surface area (Å²) in [5.41, 5.74) is 0. The van der Waals surface area contributed by atoms with E-state index in [0.717, 1.165) is 13.1 Å². The van der Waals surface area contributed by atoms with Gasteiger partial charge in [-0.05, 0) is 20.9 Å². The highest BCUT2D eigenvalue weighted by Gasteiger charge is 2.07. The molecule has 0 aliphatic heterocycles. The van der Waals surface area contributed by atoms with E-state index in [-0.39, 0.29) is 0 Å². The van der Waals surface area contributed by atoms with E-state index in [1.54, 1.807) is 14.2 Å². The molecule has 12 heavy (non-hydrogen) atoms. The van der Waals surface area contributed by atoms with Crippen molar-refractivity contribution in [3.63, 3.8) is 0 Å². The van der Waals surface area contributed by atoms with E-state index in [0.29, 0.717) is 12.2 Å². The van der Waals surface area contributed by atoms with Crippen molar-refractivity contribution in [1.82, 2.24) is 4.90 Å². The number of likely N-dealkylation sites (N-methyl/N-ethyl adjacent to an activating group) is 1. The standard InChI is InChI=1S/C9H21NO2/c1-8(11-4)6-10(3)7-9(2)12-5/h8-9H,6-7H2,1-5H3. The molecule has 3 nitrogen and oxygen atoms in total. The van der Waals surface area contributed by atoms with Gasteiger partial charge in [0, 0.05) is 27.3 Å². The molecule has 0 aliphatic carbocycles. The van der Waals surface area contributed by atoms with Crippen molar-refractivity contribution in [1.29, 1.82) is 0 Å². The van der Waals surface area contributed by atoms with Gasteiger partial charge in [0.05, 0.1) is 12.2 Å². The molecule has 0 aliphatic rings. The fraction of sp³-hybridized carbons (Fsp3) is 1.00. The molecule has 0 bridgehead atoms. The van der Waals surface area contributed by atoms with Gasteiger partial charge >= 0.3 is 0 Å². The van der Waals surface area contributed by atoms with E-state index in [1.807, 2.05) is 0 Å². The molecule has 2 atom stereocenters. The van der Waals surface area contributed by atoms with Gasteiger partial charge in [-0.1, -0.05) is 0 Å². The van der Waals surface area contributed by atoms with Gasteiger partial charge in [-0.3, -0.25) is 0 Å². The van der Waals surface area contributed by atoms with Gasteiger partial charge in [0.15, 0.2) is 0 Å². The summed E-state index contributed by atoms with van der Waals surface area (Å²) in [4.78, 5) is 2.21. The quantitative estimate of drug-likeness (QED) is 0.601. The fourth-order valence-corrected chi connectivity index (χ4v) is 1.10. The molecule has 0 saturated heterocycles. The lowest BCUT2D eigenvalue weighted by atomic mass is 10.3. The van der Waals surface area contributed by atoms with Crippen LogP contribution < -0.4 is 0 Å². The van der Waals surface area contributed by atoms with Crippen LogP contribution in [0.3, 0.4) is 0 Å². The molecule has 0 N–H and O–H groups in total. The van der Waals surface area contributed by atoms with Crippen LogP contribution in [0.15, 0.2) is 0 Å². The molecule has 2 unspecified atom stereocenters. The zero-order valence-electron chi connectivity index (χ0n) is 8.83. The van der Waals surface area contributed by atoms with Gasteiger partial charge < -0.3 is 14.4 Å². The van der Waals surface area contributed by atoms with Crippen LogP contribution in [0.1, 0.15) is 13.8 Å². The smallest absolute Gasteiger partial charge is 0.0670 e. The maximum Gasteiger partial charge on any atom is 0.0670 e. The van der Waals surface area contributed by atoms with E-state index in [4.69, 9.17) is 9.47 Å². The third-order valence-electron chi connectivity index (χ3n) is 1.94. The average molecular weight is 175 g/mol. The first-order chi connectivity index (χ1) is 5.60. The van der Waals surface area contributed by atoms with Gasteiger partial charge in [0.1, 0.15) is 0 Å². The lowest BCUT2D eigenvalue weighted by Gasteiger charge is -2.22. The highest BCUT2D eigenvalue weighted by Crippen LogP contribution is 1.96. The second-order valence-electron chi connectivity index (χ2n) is 3.31. The topological polar surface area (TPSA) is 21.7 Å². The predicted molar refractivity (Wildman–Crippen MR) is 50.4 cm³/mol. The molecule has 74 valence electrons. The van der Waals surface area contributed by atoms with E-state index < -0.39 is 0 Å². The van der Waals surface area contributed by atoms with E-state index in [1.165, 1.54) is 0 Å². The van der Waals surface area contributed by atoms with Crippen LogP contribution in [0.25, 0.3) is 0 Å². The minimum atomic E-state index is 0.291. The van der Waals surface area contributed by atoms with Crippen molar-refractivity contribution < 1.29 is 9.47 Å². The number of methoxy groups -OCH3 is 2. The molecule has 0 rings (SSSR count). The van der Waals surface area contributed by atoms with Gasteiger partial charge in [-0.2, -0.15) is 0 Å². The van der Waals surface area contributed by atoms with Crippen LogP contribution in [0.5, 0.6) is 0 Å². The monoisotopic (exact) mass is 175 g/mol. The van der Waals surface area contributed by atoms with Crippen molar-refractivity contribution >= 4 is 0 Å². The number of ether oxygens (including phenoxy) is 2. The second-order valence-corrected chi connectivity index (χ2v) is 3.31. The summed E-state index contributed by atoms with van der Waals surface area (Å²) in [5, 5.41) is 0. The molecule has 0 heterocycles. The summed E-state index contributed by atoms with van der Waals surface area (Å²) < 4.78 is 10.3. The molecule has 0 amide bonds. The van der Waals surface area contributed by atoms with Crippen molar-refractivity contribution in [2.75, 3.05) is 34.4 Å². The Bertz CT molecular complexity index is 96.7. The number of rotatable bonds is 6. The number of hydrogen-bond donors (Lipinski definition) is 0. The molecule has 0 aromatic heterocycles. The Morgan fingerprint density at radius 2 is 1.33 bits per heavy atom. The maximum absolute atomic E-state index is 5.15. The first-order valence-electron chi connectivity index (χ1n) is 4.34. The maximum atomic E-state index is 5.15. The summed E-state index contributed by atoms with van der Waals surface area (Å²) in [6, 6.07) is 0. The highest BCUT2D eigenvalue weighted by molar-refractivity contribution is 4.61. The molecule has 0 spiro atoms. The Morgan fingerprint density at radius 3 is 1.58 bits per heavy atom. The molecule has 0 aromatic rings. The minimum absolute atomic E-state index is 0.291. The Labute approximate surface area is 75.6 Å². The molecule has 0 aromatic carbocycles. The van der Waals surface area contributed by atoms with Crippen LogP contribution in [0, 0.1) is 0 Å². The largest absolute Gasteiger partial charge is 0.380 e. The summed E-state index contributed by atoms with van der Waals surface area (Å²) in [6.07, 6.45) is 0.582. The van der Waals surface area contributed by atoms with Crippen LogP contribution in [0.4, 0.5) is 0 Å². The number of nitrogens with zero attached hydrogens (tertiary/aromatic N) is 1. The minimum Gasteiger partial charge on any atom is -0.380 e. The molecule has 0 fully saturated rings. The van der Waals surface area contributed by atoms with Crippen molar-refractivity contribution in [2.45, 2.75) is 26.1 Å². The Balaban J connectivity index is 3.51. The molecular weight excluding hydrogens is 154 g/mol. The van der Waals surface area contributed by atoms with Gasteiger partial charge in [0.25, 0.3) is 0 Å². The molecular formula is C9H21NO2. The zero-order valence-corrected chi connectivity index (χ0v) is 8.83. The number of hydrogen-bond acceptors (Lipinski definition) is 3. The summed E-state index contributed by atoms with van der Waals surface area (Å²) in [7, 11) is 5.54. The van der Waals surface area contributed by atoms with Crippen molar-refractivity contribution in [2.24, 2.45) is 0 Å². The Morgan fingerprint density at radius 1 is 1.00 bits per heavy atom. The SMILES string of the molecule is COC(C)CN(C)CC(C)OC. The van der Waals surface area contributed by atoms with Gasteiger partial charge in [-0.25, -0.2) is 0 Å². The Hall–Kier alpha value is -0.120. The second kappa shape index (κ2) is 6.40. The average Bonchev–Trinajstić information content (AvgIpc) is 2.03. The van der Waals surface area contributed by atoms with Crippen LogP contribution in [0.2, 0.25) is 0 Å². The van der Waals surface area contributed by atoms with E-state index >= 15 is 0 Å². The van der Waals surface area contributed by atoms with Crippen LogP contribution in [-0.2, 0) is 9.47 Å². The highest BCUT2D eigenvalue weighted by atomic mass is 16.5. The van der Waals surface area contributed by atoms with Crippen molar-refractivity contribution in [3.05, 3.63) is 0 Å². The normalized spacial score (nSPS) is 16.5. The van der Waals surface area contributed by atoms with Crippen LogP contribution >= 0.6 is 0 Å². The van der Waals surface area contributed by atoms with Crippen molar-refractivity contribution in [3.8, 4) is 0 Å². The lowest BCUT2D eigenvalue weighted by molar-refractivity contribution is 0.0504. The molecule has 0 saturated carbocycles. The van der Waals surface area contributed by atoms with E-state index in [2.05, 4.69) is 25.8 Å². The summed E-state index contributed by atoms with van der Waals surface area (Å²) in [6.45, 7) is 6.02. The summed E-state index contributed by atoms with van der Waals surface area (Å²) >= 11 is 0. The lowest BCUT2D eigenvalue weighted by Crippen LogP contribution is -2.34. The molecule has 0 radical (unpaired) electrons. The van der Waals surface area contributed by atoms with Gasteiger partial charge in [-0.15, -0.1) is 0 Å². The first kappa shape index (κ1) is 11.9. The third-order valence-corrected chi connectivity index (χ3v) is 1.94. The Kier molecular flexibility index (Phi) is 6.34. The predicted octanol–water partition coefficient (Wildman–Crippen LogP) is 0.988. The summed E-state index contributed by atoms with van der Waals surface area (Å²) in [5.74, 6) is 0. The van der Waals surface area contributed by atoms with Crippen LogP contribution in [-0.4, -0.2) is 51.5 Å². The van der Waals surface area contributed by atoms with Gasteiger partial charge in [0.2, 0.25) is 0 Å². The third kappa shape index (κ3) is 5.52.